The monoisotopic (exact) mass is 505 g/mol. The molecule has 2 N–H and O–H groups in total. The van der Waals surface area contributed by atoms with Crippen molar-refractivity contribution in [2.45, 2.75) is 19.0 Å². The molecule has 0 fully saturated rings. The predicted molar refractivity (Wildman–Crippen MR) is 114 cm³/mol. The van der Waals surface area contributed by atoms with Gasteiger partial charge in [0.25, 0.3) is 11.8 Å². The molecule has 2 bridgehead atoms. The van der Waals surface area contributed by atoms with Gasteiger partial charge in [0.1, 0.15) is 23.0 Å². The first-order valence-corrected chi connectivity index (χ1v) is 10.7. The summed E-state index contributed by atoms with van der Waals surface area (Å²) in [7, 11) is 0. The number of fused-ring (bicyclic) bond motifs is 6. The zero-order valence-electron chi connectivity index (χ0n) is 18.2. The molecule has 186 valence electrons. The standard InChI is InChI=1S/C24H16F5N3O4/c25-11-4-15(26)13(16(27)5-11)7-30-23(35)14-8-32-19-9-31(24(36)20(32)22(34)21(14)33)2-1-10-3-17(28)18(29)6-12(10)19/h3-6,8,19,34H,1-2,7,9H2,(H,30,35)/t19-/m0/s1. The molecule has 5 rings (SSSR count). The number of halogens is 5. The minimum Gasteiger partial charge on any atom is -0.503 e. The van der Waals surface area contributed by atoms with Crippen LogP contribution in [0.3, 0.4) is 0 Å². The van der Waals surface area contributed by atoms with Gasteiger partial charge in [-0.3, -0.25) is 14.4 Å². The summed E-state index contributed by atoms with van der Waals surface area (Å²) >= 11 is 0. The van der Waals surface area contributed by atoms with Crippen molar-refractivity contribution in [2.24, 2.45) is 0 Å². The van der Waals surface area contributed by atoms with Gasteiger partial charge in [-0.15, -0.1) is 0 Å². The van der Waals surface area contributed by atoms with Crippen LogP contribution in [0.5, 0.6) is 5.75 Å². The molecule has 1 atom stereocenters. The highest BCUT2D eigenvalue weighted by atomic mass is 19.2. The Kier molecular flexibility index (Phi) is 5.53. The summed E-state index contributed by atoms with van der Waals surface area (Å²) in [5.74, 6) is -8.76. The third-order valence-corrected chi connectivity index (χ3v) is 6.40. The molecular formula is C24H16F5N3O4. The molecule has 3 heterocycles. The third-order valence-electron chi connectivity index (χ3n) is 6.40. The molecule has 0 aliphatic carbocycles. The van der Waals surface area contributed by atoms with E-state index in [0.29, 0.717) is 23.3 Å². The number of nitrogens with one attached hydrogen (secondary N) is 1. The maximum Gasteiger partial charge on any atom is 0.274 e. The third kappa shape index (κ3) is 3.69. The van der Waals surface area contributed by atoms with Crippen LogP contribution in [0.4, 0.5) is 22.0 Å². The largest absolute Gasteiger partial charge is 0.503 e. The molecule has 0 saturated carbocycles. The van der Waals surface area contributed by atoms with Crippen molar-refractivity contribution in [3.8, 4) is 5.75 Å². The van der Waals surface area contributed by atoms with Crippen molar-refractivity contribution in [1.29, 1.82) is 0 Å². The highest BCUT2D eigenvalue weighted by Crippen LogP contribution is 2.35. The average molecular weight is 505 g/mol. The summed E-state index contributed by atoms with van der Waals surface area (Å²) in [5, 5.41) is 12.7. The van der Waals surface area contributed by atoms with E-state index >= 15 is 0 Å². The number of carbonyl (C=O) groups is 2. The Morgan fingerprint density at radius 2 is 1.67 bits per heavy atom. The predicted octanol–water partition coefficient (Wildman–Crippen LogP) is 2.78. The maximum absolute atomic E-state index is 14.1. The number of carbonyl (C=O) groups excluding carboxylic acids is 2. The highest BCUT2D eigenvalue weighted by molar-refractivity contribution is 5.99. The fourth-order valence-corrected chi connectivity index (χ4v) is 4.60. The molecule has 2 aliphatic rings. The Morgan fingerprint density at radius 1 is 1.00 bits per heavy atom. The maximum atomic E-state index is 14.1. The number of pyridine rings is 1. The molecule has 1 aromatic heterocycles. The molecule has 2 aliphatic heterocycles. The molecule has 12 heteroatoms. The molecule has 0 unspecified atom stereocenters. The molecule has 2 aromatic carbocycles. The summed E-state index contributed by atoms with van der Waals surface area (Å²) in [4.78, 5) is 39.8. The minimum atomic E-state index is -1.26. The first-order chi connectivity index (χ1) is 17.1. The number of hydrogen-bond acceptors (Lipinski definition) is 4. The van der Waals surface area contributed by atoms with Gasteiger partial charge in [-0.25, -0.2) is 22.0 Å². The van der Waals surface area contributed by atoms with Crippen molar-refractivity contribution in [3.63, 3.8) is 0 Å². The van der Waals surface area contributed by atoms with Crippen molar-refractivity contribution < 1.29 is 36.6 Å². The van der Waals surface area contributed by atoms with E-state index in [1.807, 2.05) is 0 Å². The van der Waals surface area contributed by atoms with E-state index in [0.717, 1.165) is 22.9 Å². The van der Waals surface area contributed by atoms with E-state index in [1.54, 1.807) is 0 Å². The van der Waals surface area contributed by atoms with Crippen LogP contribution in [0, 0.1) is 29.1 Å². The smallest absolute Gasteiger partial charge is 0.274 e. The van der Waals surface area contributed by atoms with Crippen LogP contribution >= 0.6 is 0 Å². The molecule has 0 saturated heterocycles. The number of benzene rings is 2. The Hall–Kier alpha value is -4.22. The zero-order valence-corrected chi connectivity index (χ0v) is 18.2. The fourth-order valence-electron chi connectivity index (χ4n) is 4.60. The van der Waals surface area contributed by atoms with E-state index in [1.165, 1.54) is 4.90 Å². The molecular weight excluding hydrogens is 489 g/mol. The normalized spacial score (nSPS) is 16.3. The highest BCUT2D eigenvalue weighted by Gasteiger charge is 2.39. The fraction of sp³-hybridized carbons (Fsp3) is 0.208. The number of rotatable bonds is 3. The number of hydrogen-bond donors (Lipinski definition) is 2. The van der Waals surface area contributed by atoms with Crippen LogP contribution in [-0.2, 0) is 13.0 Å². The number of nitrogens with zero attached hydrogens (tertiary/aromatic N) is 2. The van der Waals surface area contributed by atoms with Gasteiger partial charge in [0.2, 0.25) is 5.43 Å². The van der Waals surface area contributed by atoms with Crippen molar-refractivity contribution in [3.05, 3.63) is 97.7 Å². The van der Waals surface area contributed by atoms with Crippen LogP contribution < -0.4 is 10.7 Å². The van der Waals surface area contributed by atoms with Crippen LogP contribution in [0.25, 0.3) is 0 Å². The summed E-state index contributed by atoms with van der Waals surface area (Å²) < 4.78 is 70.1. The molecule has 2 amide bonds. The summed E-state index contributed by atoms with van der Waals surface area (Å²) in [6.07, 6.45) is 1.18. The van der Waals surface area contributed by atoms with Gasteiger partial charge in [0.05, 0.1) is 6.04 Å². The molecule has 3 aromatic rings. The topological polar surface area (TPSA) is 91.6 Å². The van der Waals surface area contributed by atoms with Crippen LogP contribution in [0.2, 0.25) is 0 Å². The Balaban J connectivity index is 1.57. The Labute approximate surface area is 199 Å². The minimum absolute atomic E-state index is 0.000717. The van der Waals surface area contributed by atoms with Gasteiger partial charge in [-0.1, -0.05) is 0 Å². The van der Waals surface area contributed by atoms with Crippen molar-refractivity contribution >= 4 is 11.8 Å². The van der Waals surface area contributed by atoms with Gasteiger partial charge in [-0.05, 0) is 29.7 Å². The van der Waals surface area contributed by atoms with Crippen molar-refractivity contribution in [1.82, 2.24) is 14.8 Å². The van der Waals surface area contributed by atoms with Crippen LogP contribution in [0.15, 0.2) is 35.3 Å². The van der Waals surface area contributed by atoms with Gasteiger partial charge < -0.3 is 19.9 Å². The van der Waals surface area contributed by atoms with Gasteiger partial charge >= 0.3 is 0 Å². The second-order valence-electron chi connectivity index (χ2n) is 8.49. The van der Waals surface area contributed by atoms with Gasteiger partial charge in [0.15, 0.2) is 23.1 Å². The molecule has 36 heavy (non-hydrogen) atoms. The van der Waals surface area contributed by atoms with E-state index in [9.17, 15) is 41.4 Å². The lowest BCUT2D eigenvalue weighted by Crippen LogP contribution is -2.45. The first kappa shape index (κ1) is 23.5. The molecule has 0 spiro atoms. The Morgan fingerprint density at radius 3 is 2.36 bits per heavy atom. The summed E-state index contributed by atoms with van der Waals surface area (Å²) in [6.45, 7) is -0.625. The van der Waals surface area contributed by atoms with Crippen LogP contribution in [-0.4, -0.2) is 39.5 Å². The van der Waals surface area contributed by atoms with E-state index in [-0.39, 0.29) is 19.5 Å². The number of amides is 2. The zero-order chi connectivity index (χ0) is 25.9. The number of aromatic hydroxyl groups is 1. The first-order valence-electron chi connectivity index (χ1n) is 10.7. The second kappa shape index (κ2) is 8.47. The van der Waals surface area contributed by atoms with Crippen LogP contribution in [0.1, 0.15) is 43.6 Å². The lowest BCUT2D eigenvalue weighted by molar-refractivity contribution is 0.0686. The Bertz CT molecular complexity index is 1500. The van der Waals surface area contributed by atoms with Crippen molar-refractivity contribution in [2.75, 3.05) is 13.1 Å². The number of aromatic nitrogens is 1. The van der Waals surface area contributed by atoms with E-state index in [2.05, 4.69) is 5.32 Å². The average Bonchev–Trinajstić information content (AvgIpc) is 2.97. The van der Waals surface area contributed by atoms with E-state index in [4.69, 9.17) is 0 Å². The molecule has 7 nitrogen and oxygen atoms in total. The second-order valence-corrected chi connectivity index (χ2v) is 8.49. The lowest BCUT2D eigenvalue weighted by atomic mass is 9.97. The SMILES string of the molecule is O=C(NCc1c(F)cc(F)cc1F)c1cn2c(c(O)c1=O)C(=O)N1CCc3cc(F)c(F)cc3[C@@H]2C1. The summed E-state index contributed by atoms with van der Waals surface area (Å²) in [5.41, 5.74) is -2.25. The molecule has 0 radical (unpaired) electrons. The van der Waals surface area contributed by atoms with Gasteiger partial charge in [0, 0.05) is 43.5 Å². The quantitative estimate of drug-likeness (QED) is 0.536. The lowest BCUT2D eigenvalue weighted by Gasteiger charge is -2.35. The summed E-state index contributed by atoms with van der Waals surface area (Å²) in [6, 6.07) is 1.96. The van der Waals surface area contributed by atoms with E-state index < -0.39 is 81.5 Å². The van der Waals surface area contributed by atoms with Gasteiger partial charge in [-0.2, -0.15) is 0 Å².